The van der Waals surface area contributed by atoms with Crippen molar-refractivity contribution in [2.75, 3.05) is 0 Å². The number of carbonyl (C=O) groups is 1. The second kappa shape index (κ2) is 5.61. The Bertz CT molecular complexity index is 847. The third kappa shape index (κ3) is 2.73. The molecule has 3 aromatic rings. The van der Waals surface area contributed by atoms with Crippen LogP contribution in [0, 0.1) is 0 Å². The van der Waals surface area contributed by atoms with Gasteiger partial charge >= 0.3 is 0 Å². The number of hydrogen-bond acceptors (Lipinski definition) is 4. The van der Waals surface area contributed by atoms with E-state index >= 15 is 0 Å². The molecular weight excluding hydrogens is 329 g/mol. The fourth-order valence-corrected chi connectivity index (χ4v) is 3.20. The third-order valence-corrected chi connectivity index (χ3v) is 4.75. The molecule has 4 nitrogen and oxygen atoms in total. The Morgan fingerprint density at radius 3 is 2.67 bits per heavy atom. The summed E-state index contributed by atoms with van der Waals surface area (Å²) in [5.74, 6) is 4.80. The van der Waals surface area contributed by atoms with Crippen molar-refractivity contribution in [1.29, 1.82) is 0 Å². The first-order valence-electron chi connectivity index (χ1n) is 5.95. The smallest absolute Gasteiger partial charge is 0.265 e. The number of nitrogens with zero attached hydrogens (tertiary/aromatic N) is 1. The van der Waals surface area contributed by atoms with E-state index in [1.165, 1.54) is 11.3 Å². The summed E-state index contributed by atoms with van der Waals surface area (Å²) in [5, 5.41) is 1.80. The molecule has 0 atom stereocenters. The predicted molar refractivity (Wildman–Crippen MR) is 86.7 cm³/mol. The van der Waals surface area contributed by atoms with Crippen molar-refractivity contribution < 1.29 is 4.79 Å². The van der Waals surface area contributed by atoms with Crippen LogP contribution in [0.2, 0.25) is 10.0 Å². The van der Waals surface area contributed by atoms with Crippen LogP contribution in [0.1, 0.15) is 10.4 Å². The number of nitrogens with one attached hydrogen (secondary N) is 1. The number of nitrogens with two attached hydrogens (primary N) is 1. The van der Waals surface area contributed by atoms with Gasteiger partial charge in [-0.25, -0.2) is 10.8 Å². The number of benzene rings is 2. The lowest BCUT2D eigenvalue weighted by molar-refractivity contribution is 0.0954. The average molecular weight is 338 g/mol. The second-order valence-corrected chi connectivity index (χ2v) is 6.15. The van der Waals surface area contributed by atoms with Gasteiger partial charge in [0.05, 0.1) is 20.3 Å². The summed E-state index contributed by atoms with van der Waals surface area (Å²) in [5.41, 5.74) is 4.31. The molecule has 0 unspecified atom stereocenters. The first kappa shape index (κ1) is 14.3. The van der Waals surface area contributed by atoms with Crippen LogP contribution in [-0.2, 0) is 0 Å². The van der Waals surface area contributed by atoms with Crippen LogP contribution in [0.4, 0.5) is 0 Å². The summed E-state index contributed by atoms with van der Waals surface area (Å²) in [6.07, 6.45) is 0. The summed E-state index contributed by atoms with van der Waals surface area (Å²) in [6, 6.07) is 10.6. The van der Waals surface area contributed by atoms with Gasteiger partial charge in [-0.3, -0.25) is 10.2 Å². The molecule has 0 fully saturated rings. The molecule has 0 radical (unpaired) electrons. The van der Waals surface area contributed by atoms with Crippen molar-refractivity contribution in [3.8, 4) is 10.6 Å². The van der Waals surface area contributed by atoms with Gasteiger partial charge < -0.3 is 0 Å². The number of rotatable bonds is 2. The number of amides is 1. The maximum atomic E-state index is 11.5. The van der Waals surface area contributed by atoms with Crippen molar-refractivity contribution in [2.45, 2.75) is 0 Å². The predicted octanol–water partition coefficient (Wildman–Crippen LogP) is 3.87. The number of fused-ring (bicyclic) bond motifs is 1. The number of carbonyl (C=O) groups excluding carboxylic acids is 1. The molecule has 0 bridgehead atoms. The van der Waals surface area contributed by atoms with Crippen LogP contribution in [0.3, 0.4) is 0 Å². The fourth-order valence-electron chi connectivity index (χ4n) is 1.90. The molecule has 0 saturated heterocycles. The van der Waals surface area contributed by atoms with Gasteiger partial charge in [0.1, 0.15) is 5.01 Å². The zero-order valence-corrected chi connectivity index (χ0v) is 12.9. The van der Waals surface area contributed by atoms with Crippen LogP contribution in [0.5, 0.6) is 0 Å². The van der Waals surface area contributed by atoms with Gasteiger partial charge in [0.2, 0.25) is 0 Å². The Morgan fingerprint density at radius 1 is 1.14 bits per heavy atom. The van der Waals surface area contributed by atoms with Crippen LogP contribution in [-0.4, -0.2) is 10.9 Å². The van der Waals surface area contributed by atoms with Crippen LogP contribution in [0.15, 0.2) is 36.4 Å². The minimum absolute atomic E-state index is 0.332. The second-order valence-electron chi connectivity index (χ2n) is 4.30. The number of thiazole rings is 1. The fraction of sp³-hybridized carbons (Fsp3) is 0. The molecule has 7 heteroatoms. The monoisotopic (exact) mass is 337 g/mol. The standard InChI is InChI=1S/C14H9Cl2N3OS/c15-9-3-1-8(5-10(9)16)14-18-11-4-2-7(13(20)19-17)6-12(11)21-14/h1-6H,17H2,(H,19,20). The molecule has 0 saturated carbocycles. The highest BCUT2D eigenvalue weighted by Gasteiger charge is 2.11. The molecule has 3 rings (SSSR count). The van der Waals surface area contributed by atoms with E-state index in [-0.39, 0.29) is 5.91 Å². The highest BCUT2D eigenvalue weighted by molar-refractivity contribution is 7.21. The molecule has 3 N–H and O–H groups in total. The quantitative estimate of drug-likeness (QED) is 0.423. The Hall–Kier alpha value is -1.66. The SMILES string of the molecule is NNC(=O)c1ccc2nc(-c3ccc(Cl)c(Cl)c3)sc2c1. The van der Waals surface area contributed by atoms with E-state index in [2.05, 4.69) is 10.4 Å². The highest BCUT2D eigenvalue weighted by atomic mass is 35.5. The zero-order valence-electron chi connectivity index (χ0n) is 10.6. The molecule has 1 aromatic heterocycles. The Balaban J connectivity index is 2.08. The number of aromatic nitrogens is 1. The van der Waals surface area contributed by atoms with Crippen molar-refractivity contribution >= 4 is 50.7 Å². The maximum Gasteiger partial charge on any atom is 0.265 e. The highest BCUT2D eigenvalue weighted by Crippen LogP contribution is 2.33. The summed E-state index contributed by atoms with van der Waals surface area (Å²) >= 11 is 13.4. The van der Waals surface area contributed by atoms with Gasteiger partial charge in [-0.15, -0.1) is 11.3 Å². The normalized spacial score (nSPS) is 10.8. The Kier molecular flexibility index (Phi) is 3.82. The summed E-state index contributed by atoms with van der Waals surface area (Å²) < 4.78 is 0.900. The third-order valence-electron chi connectivity index (χ3n) is 2.95. The number of hydrogen-bond donors (Lipinski definition) is 2. The first-order chi connectivity index (χ1) is 10.1. The van der Waals surface area contributed by atoms with Crippen LogP contribution in [0.25, 0.3) is 20.8 Å². The first-order valence-corrected chi connectivity index (χ1v) is 7.52. The van der Waals surface area contributed by atoms with Crippen molar-refractivity contribution in [2.24, 2.45) is 5.84 Å². The topological polar surface area (TPSA) is 68.0 Å². The molecule has 0 aliphatic carbocycles. The Labute approximate surface area is 134 Å². The van der Waals surface area contributed by atoms with Gasteiger partial charge in [0.15, 0.2) is 0 Å². The van der Waals surface area contributed by atoms with E-state index in [1.807, 2.05) is 6.07 Å². The van der Waals surface area contributed by atoms with E-state index in [0.29, 0.717) is 15.6 Å². The minimum Gasteiger partial charge on any atom is -0.290 e. The summed E-state index contributed by atoms with van der Waals surface area (Å²) in [7, 11) is 0. The van der Waals surface area contributed by atoms with Gasteiger partial charge in [-0.1, -0.05) is 29.3 Å². The lowest BCUT2D eigenvalue weighted by Gasteiger charge is -1.98. The molecule has 106 valence electrons. The number of nitrogen functional groups attached to an aromatic ring is 1. The van der Waals surface area contributed by atoms with E-state index in [9.17, 15) is 4.79 Å². The van der Waals surface area contributed by atoms with Crippen molar-refractivity contribution in [1.82, 2.24) is 10.4 Å². The summed E-state index contributed by atoms with van der Waals surface area (Å²) in [4.78, 5) is 16.1. The van der Waals surface area contributed by atoms with Gasteiger partial charge in [0, 0.05) is 11.1 Å². The molecule has 2 aromatic carbocycles. The molecule has 0 aliphatic rings. The average Bonchev–Trinajstić information content (AvgIpc) is 2.92. The zero-order chi connectivity index (χ0) is 15.0. The largest absolute Gasteiger partial charge is 0.290 e. The van der Waals surface area contributed by atoms with E-state index in [1.54, 1.807) is 30.3 Å². The van der Waals surface area contributed by atoms with Gasteiger partial charge in [-0.2, -0.15) is 0 Å². The Morgan fingerprint density at radius 2 is 1.95 bits per heavy atom. The summed E-state index contributed by atoms with van der Waals surface area (Å²) in [6.45, 7) is 0. The van der Waals surface area contributed by atoms with Crippen LogP contribution >= 0.6 is 34.5 Å². The molecule has 1 amide bonds. The lowest BCUT2D eigenvalue weighted by Crippen LogP contribution is -2.29. The molecule has 0 spiro atoms. The van der Waals surface area contributed by atoms with E-state index < -0.39 is 0 Å². The van der Waals surface area contributed by atoms with Crippen molar-refractivity contribution in [3.63, 3.8) is 0 Å². The lowest BCUT2D eigenvalue weighted by atomic mass is 10.2. The molecule has 21 heavy (non-hydrogen) atoms. The molecular formula is C14H9Cl2N3OS. The molecule has 1 heterocycles. The minimum atomic E-state index is -0.332. The molecule has 0 aliphatic heterocycles. The van der Waals surface area contributed by atoms with Gasteiger partial charge in [-0.05, 0) is 30.3 Å². The van der Waals surface area contributed by atoms with Crippen molar-refractivity contribution in [3.05, 3.63) is 52.0 Å². The number of hydrazine groups is 1. The maximum absolute atomic E-state index is 11.5. The van der Waals surface area contributed by atoms with Gasteiger partial charge in [0.25, 0.3) is 5.91 Å². The van der Waals surface area contributed by atoms with E-state index in [4.69, 9.17) is 29.0 Å². The number of halogens is 2. The van der Waals surface area contributed by atoms with Crippen LogP contribution < -0.4 is 11.3 Å². The van der Waals surface area contributed by atoms with E-state index in [0.717, 1.165) is 20.8 Å².